The van der Waals surface area contributed by atoms with Gasteiger partial charge in [-0.25, -0.2) is 0 Å². The number of hydrogen-bond donors (Lipinski definition) is 1. The molecule has 4 nitrogen and oxygen atoms in total. The lowest BCUT2D eigenvalue weighted by molar-refractivity contribution is -0.137. The average molecular weight is 364 g/mol. The maximum absolute atomic E-state index is 12.7. The molecule has 0 aliphatic carbocycles. The van der Waals surface area contributed by atoms with E-state index in [9.17, 15) is 22.8 Å². The van der Waals surface area contributed by atoms with Gasteiger partial charge >= 0.3 is 6.18 Å². The zero-order valence-corrected chi connectivity index (χ0v) is 14.6. The Balaban J connectivity index is 2.16. The molecule has 2 aromatic rings. The monoisotopic (exact) mass is 364 g/mol. The van der Waals surface area contributed by atoms with Gasteiger partial charge in [-0.15, -0.1) is 0 Å². The van der Waals surface area contributed by atoms with Crippen LogP contribution in [0, 0.1) is 13.8 Å². The second kappa shape index (κ2) is 7.59. The number of nitrogens with one attached hydrogen (secondary N) is 1. The Bertz CT molecular complexity index is 832. The third kappa shape index (κ3) is 4.84. The van der Waals surface area contributed by atoms with Crippen LogP contribution in [-0.4, -0.2) is 18.4 Å². The van der Waals surface area contributed by atoms with Gasteiger partial charge < -0.3 is 10.2 Å². The zero-order valence-electron chi connectivity index (χ0n) is 14.6. The van der Waals surface area contributed by atoms with Crippen LogP contribution in [0.1, 0.15) is 23.6 Å². The van der Waals surface area contributed by atoms with Crippen molar-refractivity contribution in [2.24, 2.45) is 0 Å². The van der Waals surface area contributed by atoms with Crippen molar-refractivity contribution >= 4 is 23.2 Å². The van der Waals surface area contributed by atoms with E-state index in [-0.39, 0.29) is 18.1 Å². The molecule has 2 aromatic carbocycles. The van der Waals surface area contributed by atoms with Gasteiger partial charge in [0.1, 0.15) is 6.54 Å². The number of amides is 2. The van der Waals surface area contributed by atoms with Crippen molar-refractivity contribution in [1.82, 2.24) is 0 Å². The molecule has 2 rings (SSSR count). The summed E-state index contributed by atoms with van der Waals surface area (Å²) in [4.78, 5) is 25.4. The second-order valence-corrected chi connectivity index (χ2v) is 6.00. The fourth-order valence-corrected chi connectivity index (χ4v) is 2.40. The van der Waals surface area contributed by atoms with Crippen molar-refractivity contribution in [2.75, 3.05) is 16.8 Å². The zero-order chi connectivity index (χ0) is 19.5. The minimum absolute atomic E-state index is 0.0217. The van der Waals surface area contributed by atoms with Crippen LogP contribution in [0.15, 0.2) is 42.5 Å². The Morgan fingerprint density at radius 2 is 1.73 bits per heavy atom. The van der Waals surface area contributed by atoms with E-state index in [0.29, 0.717) is 5.69 Å². The molecule has 138 valence electrons. The third-order valence-corrected chi connectivity index (χ3v) is 3.96. The minimum Gasteiger partial charge on any atom is -0.325 e. The van der Waals surface area contributed by atoms with Crippen LogP contribution in [0.2, 0.25) is 0 Å². The molecule has 0 fully saturated rings. The first-order chi connectivity index (χ1) is 12.1. The lowest BCUT2D eigenvalue weighted by Crippen LogP contribution is -2.36. The fourth-order valence-electron chi connectivity index (χ4n) is 2.40. The van der Waals surface area contributed by atoms with E-state index in [1.54, 1.807) is 12.1 Å². The summed E-state index contributed by atoms with van der Waals surface area (Å²) in [5.74, 6) is -0.926. The smallest absolute Gasteiger partial charge is 0.325 e. The highest BCUT2D eigenvalue weighted by molar-refractivity contribution is 6.01. The van der Waals surface area contributed by atoms with Crippen LogP contribution in [-0.2, 0) is 15.8 Å². The van der Waals surface area contributed by atoms with Crippen molar-refractivity contribution in [2.45, 2.75) is 26.9 Å². The van der Waals surface area contributed by atoms with Crippen LogP contribution >= 0.6 is 0 Å². The molecule has 2 amide bonds. The predicted octanol–water partition coefficient (Wildman–Crippen LogP) is 4.31. The number of benzene rings is 2. The summed E-state index contributed by atoms with van der Waals surface area (Å²) < 4.78 is 38.2. The largest absolute Gasteiger partial charge is 0.416 e. The first-order valence-electron chi connectivity index (χ1n) is 7.90. The van der Waals surface area contributed by atoms with Crippen LogP contribution in [0.25, 0.3) is 0 Å². The normalized spacial score (nSPS) is 11.2. The molecule has 0 unspecified atom stereocenters. The van der Waals surface area contributed by atoms with Crippen molar-refractivity contribution in [3.05, 3.63) is 59.2 Å². The van der Waals surface area contributed by atoms with Gasteiger partial charge in [0.2, 0.25) is 11.8 Å². The maximum Gasteiger partial charge on any atom is 0.416 e. The molecule has 0 heterocycles. The van der Waals surface area contributed by atoms with E-state index in [4.69, 9.17) is 0 Å². The Kier molecular flexibility index (Phi) is 5.69. The van der Waals surface area contributed by atoms with Crippen molar-refractivity contribution in [3.63, 3.8) is 0 Å². The van der Waals surface area contributed by atoms with Gasteiger partial charge in [0.05, 0.1) is 5.56 Å². The van der Waals surface area contributed by atoms with Crippen LogP contribution in [0.5, 0.6) is 0 Å². The number of carbonyl (C=O) groups is 2. The van der Waals surface area contributed by atoms with Crippen molar-refractivity contribution < 1.29 is 22.8 Å². The standard InChI is InChI=1S/C19H19F3N2O2/c1-12-7-8-17(9-13(12)2)24(14(3)25)11-18(26)23-16-6-4-5-15(10-16)19(20,21)22/h4-10H,11H2,1-3H3,(H,23,26). The molecule has 7 heteroatoms. The Morgan fingerprint density at radius 3 is 2.31 bits per heavy atom. The molecule has 0 aromatic heterocycles. The van der Waals surface area contributed by atoms with E-state index in [0.717, 1.165) is 23.3 Å². The first kappa shape index (κ1) is 19.5. The highest BCUT2D eigenvalue weighted by atomic mass is 19.4. The van der Waals surface area contributed by atoms with Gasteiger partial charge in [-0.1, -0.05) is 12.1 Å². The van der Waals surface area contributed by atoms with E-state index in [2.05, 4.69) is 5.32 Å². The van der Waals surface area contributed by atoms with Crippen molar-refractivity contribution in [1.29, 1.82) is 0 Å². The highest BCUT2D eigenvalue weighted by Crippen LogP contribution is 2.30. The summed E-state index contributed by atoms with van der Waals surface area (Å²) in [5, 5.41) is 2.40. The van der Waals surface area contributed by atoms with Gasteiger partial charge in [-0.3, -0.25) is 9.59 Å². The Morgan fingerprint density at radius 1 is 1.04 bits per heavy atom. The number of rotatable bonds is 4. The highest BCUT2D eigenvalue weighted by Gasteiger charge is 2.30. The molecule has 26 heavy (non-hydrogen) atoms. The molecule has 0 aliphatic rings. The SMILES string of the molecule is CC(=O)N(CC(=O)Nc1cccc(C(F)(F)F)c1)c1ccc(C)c(C)c1. The number of anilines is 2. The number of carbonyl (C=O) groups excluding carboxylic acids is 2. The van der Waals surface area contributed by atoms with Gasteiger partial charge in [0.15, 0.2) is 0 Å². The van der Waals surface area contributed by atoms with Crippen molar-refractivity contribution in [3.8, 4) is 0 Å². The fraction of sp³-hybridized carbons (Fsp3) is 0.263. The lowest BCUT2D eigenvalue weighted by Gasteiger charge is -2.21. The Labute approximate surface area is 149 Å². The van der Waals surface area contributed by atoms with Crippen LogP contribution < -0.4 is 10.2 Å². The molecule has 0 bridgehead atoms. The van der Waals surface area contributed by atoms with E-state index in [1.165, 1.54) is 24.0 Å². The molecular formula is C19H19F3N2O2. The minimum atomic E-state index is -4.49. The van der Waals surface area contributed by atoms with Gasteiger partial charge in [0, 0.05) is 18.3 Å². The second-order valence-electron chi connectivity index (χ2n) is 6.00. The molecular weight excluding hydrogens is 345 g/mol. The summed E-state index contributed by atoms with van der Waals surface area (Å²) in [6, 6.07) is 9.70. The quantitative estimate of drug-likeness (QED) is 0.879. The van der Waals surface area contributed by atoms with Gasteiger partial charge in [-0.2, -0.15) is 13.2 Å². The summed E-state index contributed by atoms with van der Waals surface area (Å²) in [6.45, 7) is 4.85. The molecule has 0 aliphatic heterocycles. The maximum atomic E-state index is 12.7. The summed E-state index contributed by atoms with van der Waals surface area (Å²) in [7, 11) is 0. The average Bonchev–Trinajstić information content (AvgIpc) is 2.54. The van der Waals surface area contributed by atoms with Gasteiger partial charge in [0.25, 0.3) is 0 Å². The topological polar surface area (TPSA) is 49.4 Å². The summed E-state index contributed by atoms with van der Waals surface area (Å²) in [5.41, 5.74) is 1.73. The Hall–Kier alpha value is -2.83. The number of halogens is 3. The first-order valence-corrected chi connectivity index (χ1v) is 7.90. The molecule has 0 spiro atoms. The van der Waals surface area contributed by atoms with Crippen LogP contribution in [0.3, 0.4) is 0 Å². The summed E-state index contributed by atoms with van der Waals surface area (Å²) in [6.07, 6.45) is -4.49. The molecule has 0 saturated heterocycles. The number of nitrogens with zero attached hydrogens (tertiary/aromatic N) is 1. The third-order valence-electron chi connectivity index (χ3n) is 3.96. The molecule has 1 N–H and O–H groups in total. The lowest BCUT2D eigenvalue weighted by atomic mass is 10.1. The number of aryl methyl sites for hydroxylation is 2. The van der Waals surface area contributed by atoms with E-state index in [1.807, 2.05) is 19.9 Å². The molecule has 0 saturated carbocycles. The number of alkyl halides is 3. The van der Waals surface area contributed by atoms with Crippen LogP contribution in [0.4, 0.5) is 24.5 Å². The van der Waals surface area contributed by atoms with E-state index < -0.39 is 17.6 Å². The van der Waals surface area contributed by atoms with Gasteiger partial charge in [-0.05, 0) is 55.3 Å². The molecule has 0 radical (unpaired) electrons. The predicted molar refractivity (Wildman–Crippen MR) is 94.0 cm³/mol. The summed E-state index contributed by atoms with van der Waals surface area (Å²) >= 11 is 0. The van der Waals surface area contributed by atoms with E-state index >= 15 is 0 Å². The molecule has 0 atom stereocenters. The number of hydrogen-bond acceptors (Lipinski definition) is 2.